The number of hydrogen-bond acceptors (Lipinski definition) is 3. The minimum Gasteiger partial charge on any atom is -0.497 e. The lowest BCUT2D eigenvalue weighted by Gasteiger charge is -2.13. The Morgan fingerprint density at radius 2 is 2.35 bits per heavy atom. The van der Waals surface area contributed by atoms with Crippen molar-refractivity contribution in [1.82, 2.24) is 0 Å². The molecule has 94 valence electrons. The first-order valence-corrected chi connectivity index (χ1v) is 7.20. The normalized spacial score (nSPS) is 25.8. The molecule has 3 nitrogen and oxygen atoms in total. The molecule has 0 aromatic heterocycles. The Kier molecular flexibility index (Phi) is 4.18. The van der Waals surface area contributed by atoms with Crippen molar-refractivity contribution < 1.29 is 13.7 Å². The van der Waals surface area contributed by atoms with E-state index in [9.17, 15) is 4.21 Å². The molecule has 0 spiro atoms. The van der Waals surface area contributed by atoms with Crippen molar-refractivity contribution in [3.63, 3.8) is 0 Å². The molecule has 0 N–H and O–H groups in total. The van der Waals surface area contributed by atoms with Crippen LogP contribution in [0.15, 0.2) is 24.3 Å². The van der Waals surface area contributed by atoms with E-state index in [0.29, 0.717) is 5.75 Å². The van der Waals surface area contributed by atoms with Crippen molar-refractivity contribution >= 4 is 10.8 Å². The molecule has 0 bridgehead atoms. The summed E-state index contributed by atoms with van der Waals surface area (Å²) >= 11 is 0. The Bertz CT molecular complexity index is 405. The Hall–Kier alpha value is -0.870. The predicted octanol–water partition coefficient (Wildman–Crippen LogP) is 2.12. The van der Waals surface area contributed by atoms with Crippen molar-refractivity contribution in [2.75, 3.05) is 13.7 Å². The fourth-order valence-electron chi connectivity index (χ4n) is 2.09. The van der Waals surface area contributed by atoms with Gasteiger partial charge in [0, 0.05) is 23.2 Å². The first-order valence-electron chi connectivity index (χ1n) is 5.82. The van der Waals surface area contributed by atoms with E-state index in [1.807, 2.05) is 31.2 Å². The van der Waals surface area contributed by atoms with Gasteiger partial charge in [0.2, 0.25) is 0 Å². The summed E-state index contributed by atoms with van der Waals surface area (Å²) in [5, 5.41) is 0.168. The predicted molar refractivity (Wildman–Crippen MR) is 68.7 cm³/mol. The van der Waals surface area contributed by atoms with Crippen LogP contribution in [0.5, 0.6) is 5.75 Å². The fourth-order valence-corrected chi connectivity index (χ4v) is 3.68. The van der Waals surface area contributed by atoms with Gasteiger partial charge in [0.1, 0.15) is 5.75 Å². The van der Waals surface area contributed by atoms with Gasteiger partial charge in [-0.2, -0.15) is 0 Å². The zero-order chi connectivity index (χ0) is 12.3. The Morgan fingerprint density at radius 1 is 1.53 bits per heavy atom. The van der Waals surface area contributed by atoms with Crippen molar-refractivity contribution in [3.05, 3.63) is 29.8 Å². The van der Waals surface area contributed by atoms with Crippen molar-refractivity contribution in [3.8, 4) is 5.75 Å². The fraction of sp³-hybridized carbons (Fsp3) is 0.538. The topological polar surface area (TPSA) is 35.5 Å². The average molecular weight is 254 g/mol. The molecule has 0 amide bonds. The summed E-state index contributed by atoms with van der Waals surface area (Å²) in [6.07, 6.45) is 1.01. The van der Waals surface area contributed by atoms with Gasteiger partial charge in [-0.3, -0.25) is 4.21 Å². The summed E-state index contributed by atoms with van der Waals surface area (Å²) < 4.78 is 22.8. The second-order valence-corrected chi connectivity index (χ2v) is 5.94. The van der Waals surface area contributed by atoms with Crippen LogP contribution in [-0.4, -0.2) is 29.3 Å². The summed E-state index contributed by atoms with van der Waals surface area (Å²) in [5.74, 6) is 1.39. The molecule has 1 aromatic carbocycles. The Balaban J connectivity index is 2.02. The van der Waals surface area contributed by atoms with E-state index < -0.39 is 10.8 Å². The van der Waals surface area contributed by atoms with E-state index in [2.05, 4.69) is 0 Å². The standard InChI is InChI=1S/C13H18O3S/c1-10-13(6-7-16-10)17(14)9-11-4-3-5-12(8-11)15-2/h3-5,8,10,13H,6-7,9H2,1-2H3/t10-,13+,17-/m1/s1. The van der Waals surface area contributed by atoms with Gasteiger partial charge in [0.15, 0.2) is 0 Å². The van der Waals surface area contributed by atoms with Crippen LogP contribution in [0.3, 0.4) is 0 Å². The minimum atomic E-state index is -0.867. The quantitative estimate of drug-likeness (QED) is 0.825. The summed E-state index contributed by atoms with van der Waals surface area (Å²) in [7, 11) is 0.775. The third-order valence-corrected chi connectivity index (χ3v) is 5.00. The molecular weight excluding hydrogens is 236 g/mol. The van der Waals surface area contributed by atoms with Crippen LogP contribution in [0.4, 0.5) is 0 Å². The molecular formula is C13H18O3S. The number of rotatable bonds is 4. The number of methoxy groups -OCH3 is 1. The van der Waals surface area contributed by atoms with Crippen LogP contribution in [0, 0.1) is 0 Å². The van der Waals surface area contributed by atoms with E-state index >= 15 is 0 Å². The van der Waals surface area contributed by atoms with Crippen LogP contribution in [0.1, 0.15) is 18.9 Å². The second kappa shape index (κ2) is 5.65. The third-order valence-electron chi connectivity index (χ3n) is 3.09. The summed E-state index contributed by atoms with van der Waals surface area (Å²) in [6, 6.07) is 7.76. The maximum atomic E-state index is 12.2. The van der Waals surface area contributed by atoms with Gasteiger partial charge in [-0.1, -0.05) is 12.1 Å². The lowest BCUT2D eigenvalue weighted by molar-refractivity contribution is 0.127. The van der Waals surface area contributed by atoms with Crippen LogP contribution in [-0.2, 0) is 21.3 Å². The van der Waals surface area contributed by atoms with Crippen LogP contribution < -0.4 is 4.74 Å². The van der Waals surface area contributed by atoms with Gasteiger partial charge in [-0.25, -0.2) is 0 Å². The molecule has 1 aliphatic rings. The van der Waals surface area contributed by atoms with Crippen molar-refractivity contribution in [1.29, 1.82) is 0 Å². The average Bonchev–Trinajstić information content (AvgIpc) is 2.76. The first-order chi connectivity index (χ1) is 8.20. The SMILES string of the molecule is COc1cccc(C[S@@](=O)[C@H]2CCO[C@@H]2C)c1. The van der Waals surface area contributed by atoms with Gasteiger partial charge >= 0.3 is 0 Å². The van der Waals surface area contributed by atoms with E-state index in [-0.39, 0.29) is 11.4 Å². The van der Waals surface area contributed by atoms with Gasteiger partial charge in [0.05, 0.1) is 18.5 Å². The van der Waals surface area contributed by atoms with E-state index in [0.717, 1.165) is 24.3 Å². The summed E-state index contributed by atoms with van der Waals surface area (Å²) in [4.78, 5) is 0. The third kappa shape index (κ3) is 3.07. The molecule has 0 aliphatic carbocycles. The molecule has 2 rings (SSSR count). The smallest absolute Gasteiger partial charge is 0.119 e. The van der Waals surface area contributed by atoms with Crippen LogP contribution >= 0.6 is 0 Å². The lowest BCUT2D eigenvalue weighted by Crippen LogP contribution is -2.24. The maximum absolute atomic E-state index is 12.2. The molecule has 1 heterocycles. The van der Waals surface area contributed by atoms with Gasteiger partial charge < -0.3 is 9.47 Å². The molecule has 3 atom stereocenters. The van der Waals surface area contributed by atoms with E-state index in [1.54, 1.807) is 7.11 Å². The maximum Gasteiger partial charge on any atom is 0.119 e. The largest absolute Gasteiger partial charge is 0.497 e. The van der Waals surface area contributed by atoms with Crippen LogP contribution in [0.2, 0.25) is 0 Å². The Morgan fingerprint density at radius 3 is 3.00 bits per heavy atom. The molecule has 1 aromatic rings. The monoisotopic (exact) mass is 254 g/mol. The highest BCUT2D eigenvalue weighted by atomic mass is 32.2. The van der Waals surface area contributed by atoms with Crippen LogP contribution in [0.25, 0.3) is 0 Å². The molecule has 0 unspecified atom stereocenters. The molecule has 1 fully saturated rings. The first kappa shape index (κ1) is 12.6. The van der Waals surface area contributed by atoms with E-state index in [1.165, 1.54) is 0 Å². The van der Waals surface area contributed by atoms with Gasteiger partial charge in [-0.15, -0.1) is 0 Å². The lowest BCUT2D eigenvalue weighted by atomic mass is 10.2. The second-order valence-electron chi connectivity index (χ2n) is 4.28. The van der Waals surface area contributed by atoms with E-state index in [4.69, 9.17) is 9.47 Å². The molecule has 1 aliphatic heterocycles. The molecule has 4 heteroatoms. The summed E-state index contributed by atoms with van der Waals surface area (Å²) in [6.45, 7) is 2.73. The molecule has 0 saturated carbocycles. The number of benzene rings is 1. The minimum absolute atomic E-state index is 0.112. The zero-order valence-electron chi connectivity index (χ0n) is 10.2. The highest BCUT2D eigenvalue weighted by Crippen LogP contribution is 2.22. The van der Waals surface area contributed by atoms with Gasteiger partial charge in [0.25, 0.3) is 0 Å². The highest BCUT2D eigenvalue weighted by molar-refractivity contribution is 7.84. The zero-order valence-corrected chi connectivity index (χ0v) is 11.0. The number of hydrogen-bond donors (Lipinski definition) is 0. The van der Waals surface area contributed by atoms with Crippen molar-refractivity contribution in [2.45, 2.75) is 30.5 Å². The molecule has 0 radical (unpaired) electrons. The Labute approximate surface area is 105 Å². The molecule has 1 saturated heterocycles. The number of ether oxygens (including phenoxy) is 2. The molecule has 17 heavy (non-hydrogen) atoms. The summed E-state index contributed by atoms with van der Waals surface area (Å²) in [5.41, 5.74) is 1.06. The highest BCUT2D eigenvalue weighted by Gasteiger charge is 2.29. The van der Waals surface area contributed by atoms with Gasteiger partial charge in [-0.05, 0) is 31.0 Å². The van der Waals surface area contributed by atoms with Crippen molar-refractivity contribution in [2.24, 2.45) is 0 Å².